The molecule has 1 nitrogen and oxygen atoms in total. The van der Waals surface area contributed by atoms with Crippen LogP contribution in [-0.2, 0) is 24.2 Å². The van der Waals surface area contributed by atoms with Crippen molar-refractivity contribution in [2.24, 2.45) is 5.73 Å². The van der Waals surface area contributed by atoms with Gasteiger partial charge in [0.15, 0.2) is 0 Å². The number of nitrogens with two attached hydrogens (primary N) is 1. The lowest BCUT2D eigenvalue weighted by Gasteiger charge is -2.35. The third kappa shape index (κ3) is 4.51. The highest BCUT2D eigenvalue weighted by Gasteiger charge is 2.38. The first-order chi connectivity index (χ1) is 14.1. The fraction of sp³-hybridized carbons (Fsp3) is 0.217. The summed E-state index contributed by atoms with van der Waals surface area (Å²) in [5, 5.41) is 0. The summed E-state index contributed by atoms with van der Waals surface area (Å²) in [5.74, 6) is 0. The third-order valence-electron chi connectivity index (χ3n) is 5.18. The van der Waals surface area contributed by atoms with Gasteiger partial charge in [0.05, 0.1) is 11.1 Å². The number of hydrogen-bond donors (Lipinski definition) is 1. The van der Waals surface area contributed by atoms with E-state index in [1.54, 1.807) is 30.3 Å². The second-order valence-electron chi connectivity index (χ2n) is 7.11. The van der Waals surface area contributed by atoms with E-state index in [0.717, 1.165) is 29.8 Å². The van der Waals surface area contributed by atoms with Gasteiger partial charge in [-0.25, -0.2) is 0 Å². The van der Waals surface area contributed by atoms with Gasteiger partial charge in [-0.15, -0.1) is 0 Å². The molecule has 0 saturated carbocycles. The van der Waals surface area contributed by atoms with Crippen molar-refractivity contribution < 1.29 is 26.3 Å². The number of hydrogen-bond acceptors (Lipinski definition) is 1. The minimum atomic E-state index is -4.59. The average molecular weight is 423 g/mol. The molecule has 2 N–H and O–H groups in total. The monoisotopic (exact) mass is 423 g/mol. The van der Waals surface area contributed by atoms with Crippen LogP contribution in [0.3, 0.4) is 0 Å². The van der Waals surface area contributed by atoms with Crippen molar-refractivity contribution in [3.05, 3.63) is 107 Å². The molecule has 0 bridgehead atoms. The first-order valence-corrected chi connectivity index (χ1v) is 9.16. The Morgan fingerprint density at radius 3 is 1.40 bits per heavy atom. The molecular formula is C23H19F6N. The van der Waals surface area contributed by atoms with Crippen molar-refractivity contribution in [3.8, 4) is 0 Å². The minimum absolute atomic E-state index is 0.146. The zero-order chi connectivity index (χ0) is 22.0. The maximum atomic E-state index is 13.3. The van der Waals surface area contributed by atoms with Gasteiger partial charge in [0.2, 0.25) is 0 Å². The summed E-state index contributed by atoms with van der Waals surface area (Å²) in [4.78, 5) is 0. The van der Waals surface area contributed by atoms with Crippen LogP contribution in [0.1, 0.15) is 27.8 Å². The van der Waals surface area contributed by atoms with Crippen molar-refractivity contribution in [2.45, 2.75) is 24.2 Å². The fourth-order valence-electron chi connectivity index (χ4n) is 3.61. The topological polar surface area (TPSA) is 26.0 Å². The molecule has 3 rings (SSSR count). The summed E-state index contributed by atoms with van der Waals surface area (Å²) in [6.45, 7) is -0.176. The number of alkyl halides is 6. The van der Waals surface area contributed by atoms with Crippen molar-refractivity contribution >= 4 is 0 Å². The number of benzene rings is 3. The Morgan fingerprint density at radius 1 is 0.567 bits per heavy atom. The van der Waals surface area contributed by atoms with Crippen molar-refractivity contribution in [1.82, 2.24) is 0 Å². The molecule has 0 aliphatic carbocycles. The molecular weight excluding hydrogens is 404 g/mol. The first kappa shape index (κ1) is 21.9. The van der Waals surface area contributed by atoms with Crippen LogP contribution >= 0.6 is 0 Å². The van der Waals surface area contributed by atoms with Crippen LogP contribution in [0.25, 0.3) is 0 Å². The summed E-state index contributed by atoms with van der Waals surface area (Å²) >= 11 is 0. The van der Waals surface area contributed by atoms with Crippen LogP contribution in [0.15, 0.2) is 78.9 Å². The molecule has 3 aromatic rings. The molecule has 158 valence electrons. The lowest BCUT2D eigenvalue weighted by Crippen LogP contribution is -2.39. The molecule has 0 radical (unpaired) electrons. The van der Waals surface area contributed by atoms with Gasteiger partial charge >= 0.3 is 12.4 Å². The average Bonchev–Trinajstić information content (AvgIpc) is 2.72. The zero-order valence-corrected chi connectivity index (χ0v) is 15.8. The number of halogens is 6. The Kier molecular flexibility index (Phi) is 5.94. The largest absolute Gasteiger partial charge is 0.416 e. The predicted octanol–water partition coefficient (Wildman–Crippen LogP) is 6.21. The normalized spacial score (nSPS) is 12.8. The fourth-order valence-corrected chi connectivity index (χ4v) is 3.61. The zero-order valence-electron chi connectivity index (χ0n) is 15.8. The van der Waals surface area contributed by atoms with Gasteiger partial charge in [-0.1, -0.05) is 66.7 Å². The van der Waals surface area contributed by atoms with Crippen LogP contribution in [0.5, 0.6) is 0 Å². The standard InChI is InChI=1S/C23H19F6N/c24-22(25,26)19-10-4-8-17(12-19)21(15-30,14-16-6-2-1-3-7-16)18-9-5-11-20(13-18)23(27,28)29/h1-13H,14-15,30H2. The highest BCUT2D eigenvalue weighted by atomic mass is 19.4. The van der Waals surface area contributed by atoms with E-state index in [2.05, 4.69) is 0 Å². The van der Waals surface area contributed by atoms with Gasteiger partial charge in [0.1, 0.15) is 0 Å². The summed E-state index contributed by atoms with van der Waals surface area (Å²) < 4.78 is 80.0. The maximum absolute atomic E-state index is 13.3. The molecule has 7 heteroatoms. The van der Waals surface area contributed by atoms with E-state index in [9.17, 15) is 26.3 Å². The molecule has 0 saturated heterocycles. The van der Waals surface area contributed by atoms with E-state index in [-0.39, 0.29) is 24.1 Å². The van der Waals surface area contributed by atoms with Crippen molar-refractivity contribution in [2.75, 3.05) is 6.54 Å². The Labute approximate surface area is 170 Å². The molecule has 0 aliphatic heterocycles. The third-order valence-corrected chi connectivity index (χ3v) is 5.18. The highest BCUT2D eigenvalue weighted by Crippen LogP contribution is 2.40. The first-order valence-electron chi connectivity index (χ1n) is 9.16. The second kappa shape index (κ2) is 8.14. The smallest absolute Gasteiger partial charge is 0.329 e. The summed E-state index contributed by atoms with van der Waals surface area (Å²) in [6, 6.07) is 18.1. The maximum Gasteiger partial charge on any atom is 0.416 e. The molecule has 0 heterocycles. The van der Waals surface area contributed by atoms with E-state index in [1.807, 2.05) is 0 Å². The van der Waals surface area contributed by atoms with Crippen molar-refractivity contribution in [3.63, 3.8) is 0 Å². The van der Waals surface area contributed by atoms with Crippen LogP contribution in [-0.4, -0.2) is 6.54 Å². The molecule has 0 fully saturated rings. The van der Waals surface area contributed by atoms with Gasteiger partial charge in [-0.05, 0) is 35.2 Å². The van der Waals surface area contributed by atoms with Gasteiger partial charge in [-0.2, -0.15) is 26.3 Å². The highest BCUT2D eigenvalue weighted by molar-refractivity contribution is 5.45. The Morgan fingerprint density at radius 2 is 1.00 bits per heavy atom. The summed E-state index contributed by atoms with van der Waals surface area (Å²) in [5.41, 5.74) is 4.22. The van der Waals surface area contributed by atoms with Gasteiger partial charge in [-0.3, -0.25) is 0 Å². The second-order valence-corrected chi connectivity index (χ2v) is 7.11. The quantitative estimate of drug-likeness (QED) is 0.485. The molecule has 0 aromatic heterocycles. The summed E-state index contributed by atoms with van der Waals surface area (Å²) in [7, 11) is 0. The Balaban J connectivity index is 2.24. The van der Waals surface area contributed by atoms with Crippen LogP contribution in [0.4, 0.5) is 26.3 Å². The molecule has 30 heavy (non-hydrogen) atoms. The SMILES string of the molecule is NCC(Cc1ccccc1)(c1cccc(C(F)(F)F)c1)c1cccc(C(F)(F)F)c1. The van der Waals surface area contributed by atoms with E-state index in [4.69, 9.17) is 5.73 Å². The lowest BCUT2D eigenvalue weighted by molar-refractivity contribution is -0.138. The van der Waals surface area contributed by atoms with E-state index < -0.39 is 28.9 Å². The predicted molar refractivity (Wildman–Crippen MR) is 103 cm³/mol. The molecule has 0 aliphatic rings. The number of rotatable bonds is 5. The van der Waals surface area contributed by atoms with E-state index in [1.165, 1.54) is 24.3 Å². The van der Waals surface area contributed by atoms with Gasteiger partial charge in [0.25, 0.3) is 0 Å². The van der Waals surface area contributed by atoms with Crippen molar-refractivity contribution in [1.29, 1.82) is 0 Å². The van der Waals surface area contributed by atoms with Crippen LogP contribution in [0.2, 0.25) is 0 Å². The molecule has 3 aromatic carbocycles. The Hall–Kier alpha value is -2.80. The van der Waals surface area contributed by atoms with Crippen LogP contribution in [0, 0.1) is 0 Å². The van der Waals surface area contributed by atoms with E-state index >= 15 is 0 Å². The van der Waals surface area contributed by atoms with Gasteiger partial charge < -0.3 is 5.73 Å². The van der Waals surface area contributed by atoms with Gasteiger partial charge in [0, 0.05) is 12.0 Å². The van der Waals surface area contributed by atoms with E-state index in [0.29, 0.717) is 0 Å². The Bertz CT molecular complexity index is 935. The molecule has 0 atom stereocenters. The molecule has 0 unspecified atom stereocenters. The lowest BCUT2D eigenvalue weighted by atomic mass is 9.70. The molecule has 0 spiro atoms. The molecule has 0 amide bonds. The minimum Gasteiger partial charge on any atom is -0.329 e. The summed E-state index contributed by atoms with van der Waals surface area (Å²) in [6.07, 6.45) is -9.03. The van der Waals surface area contributed by atoms with Crippen LogP contribution < -0.4 is 5.73 Å².